The lowest BCUT2D eigenvalue weighted by Crippen LogP contribution is -2.56. The summed E-state index contributed by atoms with van der Waals surface area (Å²) in [4.78, 5) is 15.0. The molecule has 1 saturated heterocycles. The fraction of sp³-hybridized carbons (Fsp3) is 0.480. The molecule has 2 aromatic rings. The van der Waals surface area contributed by atoms with Crippen molar-refractivity contribution in [1.29, 1.82) is 0 Å². The normalized spacial score (nSPS) is 26.6. The molecule has 0 aromatic heterocycles. The second-order valence-electron chi connectivity index (χ2n) is 8.63. The first-order valence-corrected chi connectivity index (χ1v) is 11.0. The van der Waals surface area contributed by atoms with Gasteiger partial charge in [-0.1, -0.05) is 61.4 Å². The highest BCUT2D eigenvalue weighted by Gasteiger charge is 2.49. The lowest BCUT2D eigenvalue weighted by Gasteiger charge is -2.52. The number of benzene rings is 2. The Labute approximate surface area is 179 Å². The van der Waals surface area contributed by atoms with Crippen LogP contribution in [0.25, 0.3) is 0 Å². The Balaban J connectivity index is 1.55. The van der Waals surface area contributed by atoms with Crippen LogP contribution in [0, 0.1) is 5.92 Å². The van der Waals surface area contributed by atoms with Crippen LogP contribution in [0.15, 0.2) is 54.6 Å². The molecule has 1 heterocycles. The molecule has 2 aromatic carbocycles. The van der Waals surface area contributed by atoms with Crippen LogP contribution in [0.2, 0.25) is 0 Å². The topological polar surface area (TPSA) is 61.8 Å². The maximum Gasteiger partial charge on any atom is 0.234 e. The van der Waals surface area contributed by atoms with Crippen molar-refractivity contribution in [2.24, 2.45) is 5.92 Å². The van der Waals surface area contributed by atoms with Crippen LogP contribution in [0.3, 0.4) is 0 Å². The number of nitrogens with one attached hydrogen (secondary N) is 1. The summed E-state index contributed by atoms with van der Waals surface area (Å²) < 4.78 is 5.66. The fourth-order valence-electron chi connectivity index (χ4n) is 5.28. The Morgan fingerprint density at radius 2 is 1.90 bits per heavy atom. The molecule has 1 amide bonds. The molecule has 2 fully saturated rings. The van der Waals surface area contributed by atoms with Gasteiger partial charge in [-0.05, 0) is 30.9 Å². The molecule has 2 N–H and O–H groups in total. The Morgan fingerprint density at radius 1 is 1.13 bits per heavy atom. The molecule has 2 aliphatic rings. The summed E-state index contributed by atoms with van der Waals surface area (Å²) >= 11 is 0. The van der Waals surface area contributed by atoms with E-state index in [2.05, 4.69) is 16.3 Å². The molecule has 5 nitrogen and oxygen atoms in total. The van der Waals surface area contributed by atoms with Crippen LogP contribution in [-0.2, 0) is 11.3 Å². The molecule has 4 rings (SSSR count). The lowest BCUT2D eigenvalue weighted by atomic mass is 9.66. The third-order valence-corrected chi connectivity index (χ3v) is 6.81. The molecular formula is C25H32N2O3. The van der Waals surface area contributed by atoms with Gasteiger partial charge < -0.3 is 15.2 Å². The number of hydrogen-bond acceptors (Lipinski definition) is 4. The number of piperidine rings is 1. The molecule has 30 heavy (non-hydrogen) atoms. The fourth-order valence-corrected chi connectivity index (χ4v) is 5.28. The molecule has 0 radical (unpaired) electrons. The number of methoxy groups -OCH3 is 1. The number of carbonyl (C=O) groups excluding carboxylic acids is 1. The molecule has 1 aliphatic heterocycles. The second kappa shape index (κ2) is 9.19. The summed E-state index contributed by atoms with van der Waals surface area (Å²) in [5, 5.41) is 14.5. The Bertz CT molecular complexity index is 856. The monoisotopic (exact) mass is 408 g/mol. The van der Waals surface area contributed by atoms with Gasteiger partial charge in [0.1, 0.15) is 5.75 Å². The Hall–Kier alpha value is -2.37. The van der Waals surface area contributed by atoms with Crippen LogP contribution >= 0.6 is 0 Å². The maximum atomic E-state index is 12.8. The zero-order valence-electron chi connectivity index (χ0n) is 17.7. The van der Waals surface area contributed by atoms with E-state index in [4.69, 9.17) is 4.74 Å². The largest absolute Gasteiger partial charge is 0.496 e. The van der Waals surface area contributed by atoms with Crippen LogP contribution in [0.5, 0.6) is 5.75 Å². The first-order chi connectivity index (χ1) is 14.6. The van der Waals surface area contributed by atoms with E-state index in [-0.39, 0.29) is 17.9 Å². The molecule has 1 saturated carbocycles. The average Bonchev–Trinajstić information content (AvgIpc) is 2.78. The van der Waals surface area contributed by atoms with E-state index in [0.717, 1.165) is 49.0 Å². The third kappa shape index (κ3) is 4.37. The van der Waals surface area contributed by atoms with Crippen molar-refractivity contribution < 1.29 is 14.6 Å². The maximum absolute atomic E-state index is 12.8. The van der Waals surface area contributed by atoms with Gasteiger partial charge in [0.05, 0.1) is 19.3 Å². The van der Waals surface area contributed by atoms with Crippen molar-refractivity contribution in [3.63, 3.8) is 0 Å². The quantitative estimate of drug-likeness (QED) is 0.765. The zero-order chi connectivity index (χ0) is 21.0. The summed E-state index contributed by atoms with van der Waals surface area (Å²) in [6.07, 6.45) is 4.73. The summed E-state index contributed by atoms with van der Waals surface area (Å²) in [6, 6.07) is 18.0. The van der Waals surface area contributed by atoms with E-state index in [0.29, 0.717) is 19.6 Å². The number of fused-ring (bicyclic) bond motifs is 1. The average molecular weight is 409 g/mol. The van der Waals surface area contributed by atoms with Crippen molar-refractivity contribution in [3.05, 3.63) is 65.7 Å². The number of rotatable bonds is 6. The summed E-state index contributed by atoms with van der Waals surface area (Å²) in [6.45, 7) is 1.55. The van der Waals surface area contributed by atoms with E-state index in [1.54, 1.807) is 7.11 Å². The van der Waals surface area contributed by atoms with Gasteiger partial charge in [0.25, 0.3) is 0 Å². The highest BCUT2D eigenvalue weighted by Crippen LogP contribution is 2.50. The molecule has 1 aliphatic carbocycles. The molecule has 3 unspecified atom stereocenters. The van der Waals surface area contributed by atoms with Gasteiger partial charge in [-0.2, -0.15) is 0 Å². The second-order valence-corrected chi connectivity index (χ2v) is 8.63. The van der Waals surface area contributed by atoms with Gasteiger partial charge in [-0.25, -0.2) is 0 Å². The number of carbonyl (C=O) groups is 1. The van der Waals surface area contributed by atoms with Crippen molar-refractivity contribution in [1.82, 2.24) is 10.2 Å². The minimum absolute atomic E-state index is 0.0139. The highest BCUT2D eigenvalue weighted by molar-refractivity contribution is 5.78. The number of likely N-dealkylation sites (tertiary alicyclic amines) is 1. The van der Waals surface area contributed by atoms with Crippen LogP contribution in [0.4, 0.5) is 0 Å². The van der Waals surface area contributed by atoms with E-state index < -0.39 is 5.60 Å². The molecule has 0 spiro atoms. The number of nitrogens with zero attached hydrogens (tertiary/aromatic N) is 1. The highest BCUT2D eigenvalue weighted by atomic mass is 16.5. The van der Waals surface area contributed by atoms with Crippen molar-refractivity contribution in [2.75, 3.05) is 20.2 Å². The van der Waals surface area contributed by atoms with Crippen molar-refractivity contribution >= 4 is 5.91 Å². The van der Waals surface area contributed by atoms with Gasteiger partial charge >= 0.3 is 0 Å². The van der Waals surface area contributed by atoms with Gasteiger partial charge in [-0.15, -0.1) is 0 Å². The minimum Gasteiger partial charge on any atom is -0.496 e. The molecule has 160 valence electrons. The Morgan fingerprint density at radius 3 is 2.70 bits per heavy atom. The van der Waals surface area contributed by atoms with Gasteiger partial charge in [0, 0.05) is 30.6 Å². The van der Waals surface area contributed by atoms with Crippen molar-refractivity contribution in [3.8, 4) is 5.75 Å². The van der Waals surface area contributed by atoms with Gasteiger partial charge in [0.2, 0.25) is 5.91 Å². The van der Waals surface area contributed by atoms with Gasteiger partial charge in [-0.3, -0.25) is 9.69 Å². The van der Waals surface area contributed by atoms with E-state index in [1.165, 1.54) is 0 Å². The molecule has 5 heteroatoms. The standard InChI is InChI=1S/C25H32N2O3/c1-30-22-13-6-5-11-20(22)24-21-12-7-8-14-25(21,29)15-16-27(24)18-23(28)26-17-19-9-3-2-4-10-19/h2-6,9-11,13,21,24,29H,7-8,12,14-18H2,1H3,(H,26,28). The molecular weight excluding hydrogens is 376 g/mol. The van der Waals surface area contributed by atoms with Crippen LogP contribution in [0.1, 0.15) is 49.3 Å². The predicted octanol–water partition coefficient (Wildman–Crippen LogP) is 3.68. The van der Waals surface area contributed by atoms with E-state index in [9.17, 15) is 9.90 Å². The van der Waals surface area contributed by atoms with Crippen molar-refractivity contribution in [2.45, 2.75) is 50.3 Å². The number of aliphatic hydroxyl groups is 1. The number of ether oxygens (including phenoxy) is 1. The lowest BCUT2D eigenvalue weighted by molar-refractivity contribution is -0.138. The van der Waals surface area contributed by atoms with Crippen LogP contribution < -0.4 is 10.1 Å². The summed E-state index contributed by atoms with van der Waals surface area (Å²) in [5.41, 5.74) is 1.51. The predicted molar refractivity (Wildman–Crippen MR) is 117 cm³/mol. The smallest absolute Gasteiger partial charge is 0.234 e. The van der Waals surface area contributed by atoms with E-state index in [1.807, 2.05) is 48.5 Å². The minimum atomic E-state index is -0.652. The number of amides is 1. The Kier molecular flexibility index (Phi) is 6.40. The molecule has 3 atom stereocenters. The summed E-state index contributed by atoms with van der Waals surface area (Å²) in [7, 11) is 1.69. The van der Waals surface area contributed by atoms with E-state index >= 15 is 0 Å². The van der Waals surface area contributed by atoms with Crippen LogP contribution in [-0.4, -0.2) is 41.7 Å². The SMILES string of the molecule is COc1ccccc1C1C2CCCCC2(O)CCN1CC(=O)NCc1ccccc1. The summed E-state index contributed by atoms with van der Waals surface area (Å²) in [5.74, 6) is 0.949. The molecule has 0 bridgehead atoms. The number of para-hydroxylation sites is 1. The van der Waals surface area contributed by atoms with Gasteiger partial charge in [0.15, 0.2) is 0 Å². The number of hydrogen-bond donors (Lipinski definition) is 2. The first kappa shape index (κ1) is 20.9. The third-order valence-electron chi connectivity index (χ3n) is 6.81. The zero-order valence-corrected chi connectivity index (χ0v) is 17.7. The first-order valence-electron chi connectivity index (χ1n) is 11.0.